The van der Waals surface area contributed by atoms with Gasteiger partial charge in [0.05, 0.1) is 41.3 Å². The molecule has 1 aromatic carbocycles. The van der Waals surface area contributed by atoms with E-state index in [0.29, 0.717) is 46.8 Å². The summed E-state index contributed by atoms with van der Waals surface area (Å²) in [6.07, 6.45) is 5.92. The average Bonchev–Trinajstić information content (AvgIpc) is 3.44. The molecule has 4 aromatic rings. The number of nitrogens with zero attached hydrogens (tertiary/aromatic N) is 7. The maximum atomic E-state index is 13.9. The van der Waals surface area contributed by atoms with Crippen molar-refractivity contribution >= 4 is 33.0 Å². The number of anilines is 1. The molecule has 2 aliphatic rings. The minimum absolute atomic E-state index is 0.0219. The van der Waals surface area contributed by atoms with Crippen molar-refractivity contribution in [2.75, 3.05) is 18.0 Å². The summed E-state index contributed by atoms with van der Waals surface area (Å²) in [7, 11) is -3.88. The summed E-state index contributed by atoms with van der Waals surface area (Å²) < 4.78 is 34.8. The van der Waals surface area contributed by atoms with Gasteiger partial charge in [-0.25, -0.2) is 27.2 Å². The maximum absolute atomic E-state index is 13.9. The van der Waals surface area contributed by atoms with Crippen molar-refractivity contribution in [3.63, 3.8) is 0 Å². The second-order valence-corrected chi connectivity index (χ2v) is 13.1. The number of carbonyl (C=O) groups excluding carboxylic acids is 1. The van der Waals surface area contributed by atoms with Gasteiger partial charge in [-0.1, -0.05) is 30.3 Å². The largest absolute Gasteiger partial charge is 0.444 e. The molecule has 2 saturated heterocycles. The topological polar surface area (TPSA) is 123 Å². The highest BCUT2D eigenvalue weighted by atomic mass is 32.2. The Morgan fingerprint density at radius 3 is 2.40 bits per heavy atom. The molecule has 0 N–H and O–H groups in total. The molecule has 2 atom stereocenters. The Labute approximate surface area is 232 Å². The van der Waals surface area contributed by atoms with Crippen LogP contribution >= 0.6 is 0 Å². The maximum Gasteiger partial charge on any atom is 0.410 e. The molecule has 0 saturated carbocycles. The first-order chi connectivity index (χ1) is 19.1. The third-order valence-corrected chi connectivity index (χ3v) is 8.89. The number of hydrogen-bond donors (Lipinski definition) is 0. The van der Waals surface area contributed by atoms with Crippen molar-refractivity contribution < 1.29 is 17.9 Å². The lowest BCUT2D eigenvalue weighted by molar-refractivity contribution is 0.0123. The predicted molar refractivity (Wildman–Crippen MR) is 150 cm³/mol. The molecule has 2 unspecified atom stereocenters. The highest BCUT2D eigenvalue weighted by Gasteiger charge is 2.45. The normalized spacial score (nSPS) is 19.3. The summed E-state index contributed by atoms with van der Waals surface area (Å²) in [5.41, 5.74) is 1.45. The first-order valence-corrected chi connectivity index (χ1v) is 14.9. The second kappa shape index (κ2) is 9.84. The molecule has 12 heteroatoms. The SMILES string of the molecule is CC(C)(C)OC(=O)N1C2CCC1CN(c1ncnc3c1cc(-c1ccnnc1)n3S(=O)(=O)Cc1ccccc1)C2. The first-order valence-electron chi connectivity index (χ1n) is 13.3. The fourth-order valence-electron chi connectivity index (χ4n) is 5.69. The van der Waals surface area contributed by atoms with Crippen molar-refractivity contribution in [2.24, 2.45) is 0 Å². The lowest BCUT2D eigenvalue weighted by Gasteiger charge is -2.41. The number of piperazine rings is 1. The van der Waals surface area contributed by atoms with Gasteiger partial charge in [0.15, 0.2) is 5.65 Å². The van der Waals surface area contributed by atoms with Gasteiger partial charge in [0.1, 0.15) is 17.7 Å². The number of fused-ring (bicyclic) bond motifs is 3. The molecule has 2 fully saturated rings. The number of ether oxygens (including phenoxy) is 1. The Morgan fingerprint density at radius 2 is 1.75 bits per heavy atom. The van der Waals surface area contributed by atoms with Crippen LogP contribution in [0.2, 0.25) is 0 Å². The molecule has 11 nitrogen and oxygen atoms in total. The smallest absolute Gasteiger partial charge is 0.410 e. The van der Waals surface area contributed by atoms with Gasteiger partial charge in [0.2, 0.25) is 10.0 Å². The molecule has 2 aliphatic heterocycles. The zero-order chi connectivity index (χ0) is 28.1. The molecule has 5 heterocycles. The van der Waals surface area contributed by atoms with Crippen LogP contribution < -0.4 is 4.90 Å². The van der Waals surface area contributed by atoms with Crippen molar-refractivity contribution in [3.05, 3.63) is 66.7 Å². The fraction of sp³-hybridized carbons (Fsp3) is 0.393. The second-order valence-electron chi connectivity index (χ2n) is 11.3. The average molecular weight is 562 g/mol. The van der Waals surface area contributed by atoms with E-state index in [1.165, 1.54) is 22.7 Å². The van der Waals surface area contributed by atoms with Crippen LogP contribution in [0, 0.1) is 0 Å². The molecule has 208 valence electrons. The van der Waals surface area contributed by atoms with E-state index in [1.807, 2.05) is 49.9 Å². The summed E-state index contributed by atoms with van der Waals surface area (Å²) >= 11 is 0. The van der Waals surface area contributed by atoms with Gasteiger partial charge in [0, 0.05) is 18.7 Å². The lowest BCUT2D eigenvalue weighted by Crippen LogP contribution is -2.57. The van der Waals surface area contributed by atoms with E-state index in [2.05, 4.69) is 25.1 Å². The molecule has 0 aliphatic carbocycles. The van der Waals surface area contributed by atoms with Crippen LogP contribution in [-0.2, 0) is 20.5 Å². The zero-order valence-electron chi connectivity index (χ0n) is 22.6. The van der Waals surface area contributed by atoms with Crippen LogP contribution in [0.15, 0.2) is 61.2 Å². The summed E-state index contributed by atoms with van der Waals surface area (Å²) in [6, 6.07) is 12.6. The van der Waals surface area contributed by atoms with Gasteiger partial charge in [-0.2, -0.15) is 10.2 Å². The van der Waals surface area contributed by atoms with Gasteiger partial charge in [0.25, 0.3) is 0 Å². The third-order valence-electron chi connectivity index (χ3n) is 7.27. The van der Waals surface area contributed by atoms with Crippen molar-refractivity contribution in [1.82, 2.24) is 29.0 Å². The minimum atomic E-state index is -3.88. The Hall–Kier alpha value is -4.06. The molecule has 6 rings (SSSR count). The van der Waals surface area contributed by atoms with E-state index in [9.17, 15) is 13.2 Å². The van der Waals surface area contributed by atoms with Crippen LogP contribution in [0.3, 0.4) is 0 Å². The van der Waals surface area contributed by atoms with E-state index in [4.69, 9.17) is 4.74 Å². The Bertz CT molecular complexity index is 1640. The Balaban J connectivity index is 1.41. The Kier molecular flexibility index (Phi) is 6.44. The molecule has 3 aromatic heterocycles. The summed E-state index contributed by atoms with van der Waals surface area (Å²) in [4.78, 5) is 26.0. The summed E-state index contributed by atoms with van der Waals surface area (Å²) in [6.45, 7) is 6.74. The van der Waals surface area contributed by atoms with Crippen LogP contribution in [0.25, 0.3) is 22.3 Å². The van der Waals surface area contributed by atoms with E-state index < -0.39 is 15.6 Å². The van der Waals surface area contributed by atoms with Gasteiger partial charge < -0.3 is 9.64 Å². The highest BCUT2D eigenvalue weighted by molar-refractivity contribution is 7.89. The third kappa shape index (κ3) is 4.87. The number of carbonyl (C=O) groups is 1. The number of rotatable bonds is 5. The standard InChI is InChI=1S/C28H31N7O4S/c1-28(2,3)39-27(36)34-21-9-10-22(34)16-33(15-21)25-23-13-24(20-11-12-31-32-14-20)35(26(23)30-18-29-25)40(37,38)17-19-7-5-4-6-8-19/h4-8,11-14,18,21-22H,9-10,15-17H2,1-3H3. The summed E-state index contributed by atoms with van der Waals surface area (Å²) in [5, 5.41) is 8.45. The Morgan fingerprint density at radius 1 is 1.02 bits per heavy atom. The molecule has 0 radical (unpaired) electrons. The minimum Gasteiger partial charge on any atom is -0.444 e. The molecule has 2 bridgehead atoms. The van der Waals surface area contributed by atoms with Crippen LogP contribution in [0.4, 0.5) is 10.6 Å². The lowest BCUT2D eigenvalue weighted by atomic mass is 10.1. The predicted octanol–water partition coefficient (Wildman–Crippen LogP) is 3.85. The first kappa shape index (κ1) is 26.2. The van der Waals surface area contributed by atoms with Gasteiger partial charge in [-0.3, -0.25) is 4.90 Å². The van der Waals surface area contributed by atoms with Crippen LogP contribution in [0.1, 0.15) is 39.2 Å². The summed E-state index contributed by atoms with van der Waals surface area (Å²) in [5.74, 6) is 0.448. The van der Waals surface area contributed by atoms with Crippen LogP contribution in [0.5, 0.6) is 0 Å². The highest BCUT2D eigenvalue weighted by Crippen LogP contribution is 2.38. The van der Waals surface area contributed by atoms with E-state index in [1.54, 1.807) is 18.2 Å². The van der Waals surface area contributed by atoms with E-state index in [0.717, 1.165) is 12.8 Å². The monoisotopic (exact) mass is 561 g/mol. The molecular formula is C28H31N7O4S. The van der Waals surface area contributed by atoms with Gasteiger partial charge in [-0.05, 0) is 51.3 Å². The molecular weight excluding hydrogens is 530 g/mol. The number of benzene rings is 1. The number of hydrogen-bond acceptors (Lipinski definition) is 9. The van der Waals surface area contributed by atoms with E-state index in [-0.39, 0.29) is 23.9 Å². The molecule has 40 heavy (non-hydrogen) atoms. The number of aromatic nitrogens is 5. The van der Waals surface area contributed by atoms with Crippen molar-refractivity contribution in [3.8, 4) is 11.3 Å². The molecule has 0 spiro atoms. The van der Waals surface area contributed by atoms with E-state index >= 15 is 0 Å². The zero-order valence-corrected chi connectivity index (χ0v) is 23.5. The van der Waals surface area contributed by atoms with Gasteiger partial charge >= 0.3 is 6.09 Å². The fourth-order valence-corrected chi connectivity index (χ4v) is 7.30. The van der Waals surface area contributed by atoms with Gasteiger partial charge in [-0.15, -0.1) is 0 Å². The van der Waals surface area contributed by atoms with Crippen LogP contribution in [-0.4, -0.2) is 74.3 Å². The number of amides is 1. The van der Waals surface area contributed by atoms with Crippen molar-refractivity contribution in [1.29, 1.82) is 0 Å². The quantitative estimate of drug-likeness (QED) is 0.357. The van der Waals surface area contributed by atoms with Crippen molar-refractivity contribution in [2.45, 2.75) is 57.1 Å². The molecule has 1 amide bonds.